The van der Waals surface area contributed by atoms with Crippen molar-refractivity contribution in [2.24, 2.45) is 0 Å². The van der Waals surface area contributed by atoms with Gasteiger partial charge in [-0.25, -0.2) is 13.4 Å². The van der Waals surface area contributed by atoms with Crippen molar-refractivity contribution in [1.29, 1.82) is 5.41 Å². The normalized spacial score (nSPS) is 12.0. The van der Waals surface area contributed by atoms with Crippen molar-refractivity contribution < 1.29 is 13.2 Å². The molecule has 0 spiro atoms. The van der Waals surface area contributed by atoms with Gasteiger partial charge in [0, 0.05) is 24.9 Å². The maximum atomic E-state index is 13.3. The molecule has 0 saturated heterocycles. The highest BCUT2D eigenvalue weighted by Gasteiger charge is 2.24. The zero-order chi connectivity index (χ0) is 22.3. The number of aryl methyl sites for hydroxylation is 1. The Morgan fingerprint density at radius 3 is 2.55 bits per heavy atom. The third-order valence-electron chi connectivity index (χ3n) is 5.03. The van der Waals surface area contributed by atoms with E-state index in [9.17, 15) is 13.2 Å². The predicted molar refractivity (Wildman–Crippen MR) is 116 cm³/mol. The largest absolute Gasteiger partial charge is 0.383 e. The Hall–Kier alpha value is -3.01. The first-order chi connectivity index (χ1) is 14.8. The Bertz CT molecular complexity index is 1540. The van der Waals surface area contributed by atoms with Gasteiger partial charge in [0.1, 0.15) is 21.7 Å². The fourth-order valence-corrected chi connectivity index (χ4v) is 4.93. The number of halogens is 1. The molecule has 31 heavy (non-hydrogen) atoms. The lowest BCUT2D eigenvalue weighted by atomic mass is 10.2. The van der Waals surface area contributed by atoms with Crippen LogP contribution in [0.1, 0.15) is 5.56 Å². The molecule has 0 radical (unpaired) electrons. The van der Waals surface area contributed by atoms with Gasteiger partial charge in [-0.05, 0) is 48.9 Å². The summed E-state index contributed by atoms with van der Waals surface area (Å²) in [4.78, 5) is 17.5. The standard InChI is InChI=1S/C21H19ClN4O4S/c1-13-4-3-9-26-19(13)24-20-16(21(26)27)12-17(18(23)25(20)10-11-30-2)31(28,29)15-7-5-14(22)6-8-15/h3-9,12,23H,10-11H2,1-2H3. The quantitative estimate of drug-likeness (QED) is 0.462. The molecule has 0 atom stereocenters. The van der Waals surface area contributed by atoms with Crippen molar-refractivity contribution in [1.82, 2.24) is 14.0 Å². The third-order valence-corrected chi connectivity index (χ3v) is 7.07. The SMILES string of the molecule is COCCn1c(=N)c(S(=O)(=O)c2ccc(Cl)cc2)cc2c(=O)n3cccc(C)c3nc21. The van der Waals surface area contributed by atoms with Gasteiger partial charge >= 0.3 is 0 Å². The topological polar surface area (TPSA) is 107 Å². The van der Waals surface area contributed by atoms with Crippen LogP contribution in [0, 0.1) is 12.3 Å². The molecule has 1 N–H and O–H groups in total. The Morgan fingerprint density at radius 1 is 1.16 bits per heavy atom. The van der Waals surface area contributed by atoms with E-state index in [0.717, 1.165) is 5.56 Å². The Kier molecular flexibility index (Phi) is 5.42. The van der Waals surface area contributed by atoms with Gasteiger partial charge in [-0.1, -0.05) is 17.7 Å². The number of hydrogen-bond acceptors (Lipinski definition) is 6. The average molecular weight is 459 g/mol. The summed E-state index contributed by atoms with van der Waals surface area (Å²) in [6.07, 6.45) is 1.58. The predicted octanol–water partition coefficient (Wildman–Crippen LogP) is 2.57. The number of rotatable bonds is 5. The molecule has 0 saturated carbocycles. The number of nitrogens with one attached hydrogen (secondary N) is 1. The molecule has 0 aliphatic heterocycles. The van der Waals surface area contributed by atoms with E-state index in [4.69, 9.17) is 21.7 Å². The highest BCUT2D eigenvalue weighted by Crippen LogP contribution is 2.22. The zero-order valence-corrected chi connectivity index (χ0v) is 18.4. The first-order valence-corrected chi connectivity index (χ1v) is 11.2. The van der Waals surface area contributed by atoms with Crippen LogP contribution in [-0.2, 0) is 21.1 Å². The molecule has 0 fully saturated rings. The van der Waals surface area contributed by atoms with Crippen molar-refractivity contribution in [2.45, 2.75) is 23.3 Å². The summed E-state index contributed by atoms with van der Waals surface area (Å²) in [6.45, 7) is 2.20. The van der Waals surface area contributed by atoms with E-state index in [1.165, 1.54) is 46.4 Å². The number of ether oxygens (including phenoxy) is 1. The second-order valence-corrected chi connectivity index (χ2v) is 9.35. The first kappa shape index (κ1) is 21.2. The van der Waals surface area contributed by atoms with Crippen LogP contribution in [0.4, 0.5) is 0 Å². The van der Waals surface area contributed by atoms with Gasteiger partial charge < -0.3 is 9.30 Å². The van der Waals surface area contributed by atoms with Gasteiger partial charge in [0.05, 0.1) is 16.9 Å². The minimum atomic E-state index is -4.09. The minimum Gasteiger partial charge on any atom is -0.383 e. The van der Waals surface area contributed by atoms with E-state index < -0.39 is 15.4 Å². The second kappa shape index (κ2) is 7.92. The Morgan fingerprint density at radius 2 is 1.87 bits per heavy atom. The molecular weight excluding hydrogens is 440 g/mol. The highest BCUT2D eigenvalue weighted by molar-refractivity contribution is 7.91. The lowest BCUT2D eigenvalue weighted by Crippen LogP contribution is -2.31. The van der Waals surface area contributed by atoms with Crippen LogP contribution in [-0.4, -0.2) is 36.1 Å². The van der Waals surface area contributed by atoms with Gasteiger partial charge in [0.2, 0.25) is 9.84 Å². The van der Waals surface area contributed by atoms with Crippen LogP contribution in [0.3, 0.4) is 0 Å². The first-order valence-electron chi connectivity index (χ1n) is 9.35. The maximum absolute atomic E-state index is 13.3. The summed E-state index contributed by atoms with van der Waals surface area (Å²) in [5.74, 6) is 0. The van der Waals surface area contributed by atoms with Crippen LogP contribution in [0.15, 0.2) is 63.2 Å². The molecule has 10 heteroatoms. The summed E-state index contributed by atoms with van der Waals surface area (Å²) < 4.78 is 34.6. The minimum absolute atomic E-state index is 0.0206. The lowest BCUT2D eigenvalue weighted by Gasteiger charge is -2.15. The summed E-state index contributed by atoms with van der Waals surface area (Å²) in [7, 11) is -2.58. The number of hydrogen-bond donors (Lipinski definition) is 1. The third kappa shape index (κ3) is 3.54. The number of sulfone groups is 1. The van der Waals surface area contributed by atoms with Crippen molar-refractivity contribution in [3.63, 3.8) is 0 Å². The van der Waals surface area contributed by atoms with E-state index in [0.29, 0.717) is 10.7 Å². The van der Waals surface area contributed by atoms with Crippen LogP contribution in [0.5, 0.6) is 0 Å². The smallest absolute Gasteiger partial charge is 0.267 e. The van der Waals surface area contributed by atoms with Crippen LogP contribution in [0.2, 0.25) is 5.02 Å². The van der Waals surface area contributed by atoms with Gasteiger partial charge in [-0.2, -0.15) is 0 Å². The van der Waals surface area contributed by atoms with Crippen molar-refractivity contribution >= 4 is 38.1 Å². The molecule has 0 bridgehead atoms. The van der Waals surface area contributed by atoms with Crippen molar-refractivity contribution in [3.05, 3.63) is 75.1 Å². The van der Waals surface area contributed by atoms with E-state index in [2.05, 4.69) is 4.98 Å². The van der Waals surface area contributed by atoms with Crippen molar-refractivity contribution in [3.8, 4) is 0 Å². The van der Waals surface area contributed by atoms with Gasteiger partial charge in [-0.3, -0.25) is 14.6 Å². The molecule has 8 nitrogen and oxygen atoms in total. The molecule has 1 aromatic carbocycles. The van der Waals surface area contributed by atoms with E-state index >= 15 is 0 Å². The van der Waals surface area contributed by atoms with Gasteiger partial charge in [0.25, 0.3) is 5.56 Å². The Labute approximate surface area is 182 Å². The molecule has 0 aliphatic carbocycles. The summed E-state index contributed by atoms with van der Waals surface area (Å²) in [6, 6.07) is 10.4. The number of benzene rings is 1. The maximum Gasteiger partial charge on any atom is 0.267 e. The average Bonchev–Trinajstić information content (AvgIpc) is 2.74. The number of pyridine rings is 2. The summed E-state index contributed by atoms with van der Waals surface area (Å²) in [5, 5.41) is 9.13. The molecule has 4 rings (SSSR count). The molecular formula is C21H19ClN4O4S. The molecule has 0 amide bonds. The molecule has 160 valence electrons. The Balaban J connectivity index is 2.12. The van der Waals surface area contributed by atoms with Crippen LogP contribution < -0.4 is 11.0 Å². The van der Waals surface area contributed by atoms with E-state index in [-0.39, 0.29) is 39.5 Å². The monoisotopic (exact) mass is 458 g/mol. The molecule has 0 unspecified atom stereocenters. The van der Waals surface area contributed by atoms with E-state index in [1.54, 1.807) is 12.3 Å². The van der Waals surface area contributed by atoms with Gasteiger partial charge in [0.15, 0.2) is 0 Å². The molecule has 4 aromatic rings. The fourth-order valence-electron chi connectivity index (χ4n) is 3.42. The number of fused-ring (bicyclic) bond motifs is 2. The molecule has 0 aliphatic rings. The van der Waals surface area contributed by atoms with Crippen LogP contribution >= 0.6 is 11.6 Å². The number of aromatic nitrogens is 3. The second-order valence-electron chi connectivity index (χ2n) is 7.00. The molecule has 3 aromatic heterocycles. The van der Waals surface area contributed by atoms with Crippen molar-refractivity contribution in [2.75, 3.05) is 13.7 Å². The number of methoxy groups -OCH3 is 1. The summed E-state index contributed by atoms with van der Waals surface area (Å²) >= 11 is 5.89. The highest BCUT2D eigenvalue weighted by atomic mass is 35.5. The number of nitrogens with zero attached hydrogens (tertiary/aromatic N) is 3. The fraction of sp³-hybridized carbons (Fsp3) is 0.190. The summed E-state index contributed by atoms with van der Waals surface area (Å²) in [5.41, 5.74) is 0.770. The van der Waals surface area contributed by atoms with Crippen LogP contribution in [0.25, 0.3) is 16.7 Å². The molecule has 3 heterocycles. The lowest BCUT2D eigenvalue weighted by molar-refractivity contribution is 0.186. The van der Waals surface area contributed by atoms with E-state index in [1.807, 2.05) is 13.0 Å². The van der Waals surface area contributed by atoms with Gasteiger partial charge in [-0.15, -0.1) is 0 Å². The zero-order valence-electron chi connectivity index (χ0n) is 16.8.